The van der Waals surface area contributed by atoms with Gasteiger partial charge in [0.15, 0.2) is 0 Å². The van der Waals surface area contributed by atoms with Crippen LogP contribution in [0.4, 0.5) is 0 Å². The fourth-order valence-electron chi connectivity index (χ4n) is 13.4. The molecule has 1 aromatic carbocycles. The van der Waals surface area contributed by atoms with Gasteiger partial charge in [0, 0.05) is 12.1 Å². The number of rotatable bonds is 5. The fourth-order valence-corrected chi connectivity index (χ4v) is 14.5. The molecule has 5 fully saturated rings. The summed E-state index contributed by atoms with van der Waals surface area (Å²) in [6, 6.07) is 6.91. The van der Waals surface area contributed by atoms with E-state index in [1.807, 2.05) is 19.1 Å². The Hall–Kier alpha value is -3.77. The van der Waals surface area contributed by atoms with Crippen molar-refractivity contribution in [3.8, 4) is 38.5 Å². The molecule has 8 heteroatoms. The molecule has 306 valence electrons. The maximum atomic E-state index is 13.8. The predicted molar refractivity (Wildman–Crippen MR) is 231 cm³/mol. The number of fused-ring (bicyclic) bond motifs is 7. The monoisotopic (exact) mass is 784 g/mol. The number of sulfonamides is 1. The first-order valence-electron chi connectivity index (χ1n) is 20.3. The molecule has 5 aliphatic carbocycles. The third-order valence-corrected chi connectivity index (χ3v) is 17.0. The summed E-state index contributed by atoms with van der Waals surface area (Å²) in [7, 11) is -3.41. The van der Waals surface area contributed by atoms with Gasteiger partial charge in [-0.25, -0.2) is 13.2 Å². The van der Waals surface area contributed by atoms with Gasteiger partial charge in [0.2, 0.25) is 15.9 Å². The number of carbonyl (C=O) groups is 2. The molecular formula is C48H68N2O5S. The van der Waals surface area contributed by atoms with Crippen molar-refractivity contribution in [2.75, 3.05) is 12.8 Å². The Bertz CT molecular complexity index is 1770. The van der Waals surface area contributed by atoms with Crippen molar-refractivity contribution in [1.82, 2.24) is 9.62 Å². The molecule has 0 spiro atoms. The molecule has 4 unspecified atom stereocenters. The summed E-state index contributed by atoms with van der Waals surface area (Å²) in [6.45, 7) is 18.4. The van der Waals surface area contributed by atoms with Gasteiger partial charge in [-0.1, -0.05) is 65.3 Å². The zero-order chi connectivity index (χ0) is 42.5. The molecule has 0 radical (unpaired) electrons. The number of hydrogen-bond acceptors (Lipinski definition) is 4. The average molecular weight is 785 g/mol. The molecule has 9 atom stereocenters. The lowest BCUT2D eigenvalue weighted by Gasteiger charge is -2.72. The fraction of sp³-hybridized carbons (Fsp3) is 0.625. The second kappa shape index (κ2) is 17.8. The molecule has 7 nitrogen and oxygen atoms in total. The zero-order valence-corrected chi connectivity index (χ0v) is 36.0. The Kier molecular flexibility index (Phi) is 14.8. The van der Waals surface area contributed by atoms with E-state index in [9.17, 15) is 23.1 Å². The Balaban J connectivity index is 0.000000867. The molecule has 6 aliphatic rings. The number of allylic oxidation sites excluding steroid dienone is 3. The maximum Gasteiger partial charge on any atom is 0.335 e. The van der Waals surface area contributed by atoms with Gasteiger partial charge in [0.25, 0.3) is 0 Å². The molecule has 56 heavy (non-hydrogen) atoms. The smallest absolute Gasteiger partial charge is 0.335 e. The van der Waals surface area contributed by atoms with Crippen molar-refractivity contribution in [2.24, 2.45) is 45.3 Å². The standard InChI is InChI=1S/C39H56N2O5S.C3H6.3C2H2/c1-35(2)27(25-11-13-26(14-12-25)34(43)44)17-20-36(3)31(35)18-21-38(5)32(36)16-15-28-29-9-7-19-39(29,23-22-37(28,38)4)40-33(42)30-10-8-24-41(30)47(6,45)46;1-3-2;3*1-2/h11-14,17,28-32H,7-10,15-16,18-24H2,1-6H3,(H,40,42)(H,43,44);3H,1H2,2H3;3*1-2H/t28-,29?,30?,31?,32?,36+,37-,38-,39+;;;;/m1..../s1. The van der Waals surface area contributed by atoms with Crippen LogP contribution in [0.25, 0.3) is 5.57 Å². The Morgan fingerprint density at radius 1 is 0.821 bits per heavy atom. The van der Waals surface area contributed by atoms with Crippen LogP contribution >= 0.6 is 0 Å². The minimum absolute atomic E-state index is 0.0195. The molecule has 1 heterocycles. The van der Waals surface area contributed by atoms with E-state index in [0.29, 0.717) is 42.2 Å². The predicted octanol–water partition coefficient (Wildman–Crippen LogP) is 9.47. The first kappa shape index (κ1) is 46.6. The van der Waals surface area contributed by atoms with E-state index in [1.165, 1.54) is 41.8 Å². The highest BCUT2D eigenvalue weighted by molar-refractivity contribution is 7.88. The van der Waals surface area contributed by atoms with E-state index >= 15 is 0 Å². The highest BCUT2D eigenvalue weighted by Crippen LogP contribution is 2.76. The number of aromatic carboxylic acids is 1. The van der Waals surface area contributed by atoms with Crippen LogP contribution in [0.5, 0.6) is 0 Å². The molecule has 1 amide bonds. The summed E-state index contributed by atoms with van der Waals surface area (Å²) in [5.41, 5.74) is 3.20. The molecule has 4 saturated carbocycles. The molecule has 2 N–H and O–H groups in total. The molecule has 1 aromatic rings. The summed E-state index contributed by atoms with van der Waals surface area (Å²) < 4.78 is 26.4. The minimum Gasteiger partial charge on any atom is -0.478 e. The third kappa shape index (κ3) is 7.76. The highest BCUT2D eigenvalue weighted by atomic mass is 32.2. The van der Waals surface area contributed by atoms with Crippen LogP contribution in [0.3, 0.4) is 0 Å². The second-order valence-corrected chi connectivity index (χ2v) is 20.1. The number of benzene rings is 1. The normalized spacial score (nSPS) is 36.2. The quantitative estimate of drug-likeness (QED) is 0.229. The lowest BCUT2D eigenvalue weighted by atomic mass is 9.33. The molecule has 0 bridgehead atoms. The highest BCUT2D eigenvalue weighted by Gasteiger charge is 2.69. The van der Waals surface area contributed by atoms with Gasteiger partial charge >= 0.3 is 5.97 Å². The number of amides is 1. The lowest BCUT2D eigenvalue weighted by Crippen LogP contribution is -2.68. The molecule has 1 aliphatic heterocycles. The number of nitrogens with zero attached hydrogens (tertiary/aromatic N) is 1. The van der Waals surface area contributed by atoms with Crippen molar-refractivity contribution in [3.63, 3.8) is 0 Å². The van der Waals surface area contributed by atoms with Crippen LogP contribution in [-0.2, 0) is 14.8 Å². The third-order valence-electron chi connectivity index (χ3n) is 15.7. The maximum absolute atomic E-state index is 13.8. The van der Waals surface area contributed by atoms with Gasteiger partial charge in [-0.2, -0.15) is 4.31 Å². The minimum atomic E-state index is -3.41. The van der Waals surface area contributed by atoms with Gasteiger partial charge < -0.3 is 10.4 Å². The van der Waals surface area contributed by atoms with Crippen molar-refractivity contribution >= 4 is 27.5 Å². The Labute approximate surface area is 340 Å². The summed E-state index contributed by atoms with van der Waals surface area (Å²) in [5.74, 6) is 1.22. The summed E-state index contributed by atoms with van der Waals surface area (Å²) >= 11 is 0. The summed E-state index contributed by atoms with van der Waals surface area (Å²) in [4.78, 5) is 25.3. The number of nitrogens with one attached hydrogen (secondary N) is 1. The summed E-state index contributed by atoms with van der Waals surface area (Å²) in [6.07, 6.45) is 42.1. The largest absolute Gasteiger partial charge is 0.478 e. The van der Waals surface area contributed by atoms with Crippen molar-refractivity contribution in [3.05, 3.63) is 54.1 Å². The van der Waals surface area contributed by atoms with E-state index in [1.54, 1.807) is 18.2 Å². The number of carboxylic acid groups (broad SMARTS) is 1. The van der Waals surface area contributed by atoms with Crippen LogP contribution in [0.1, 0.15) is 135 Å². The van der Waals surface area contributed by atoms with Crippen LogP contribution in [0, 0.1) is 83.9 Å². The topological polar surface area (TPSA) is 104 Å². The Morgan fingerprint density at radius 3 is 2.00 bits per heavy atom. The SMILES string of the molecule is C#C.C#C.C#C.C=CC.CC1(C)C(c2ccc(C(=O)O)cc2)=CC[C@@]2(C)C1CC[C@]1(C)C2CC[C@@H]2C3CCC[C@]3(NC(=O)C3CCCN3S(C)(=O)=O)CC[C@]21C. The van der Waals surface area contributed by atoms with E-state index in [0.717, 1.165) is 50.5 Å². The van der Waals surface area contributed by atoms with E-state index in [2.05, 4.69) is 91.1 Å². The molecule has 1 saturated heterocycles. The number of carboxylic acids is 1. The zero-order valence-electron chi connectivity index (χ0n) is 35.2. The average Bonchev–Trinajstić information content (AvgIpc) is 3.84. The lowest BCUT2D eigenvalue weighted by molar-refractivity contribution is -0.217. The van der Waals surface area contributed by atoms with E-state index in [4.69, 9.17) is 0 Å². The van der Waals surface area contributed by atoms with Crippen LogP contribution in [0.2, 0.25) is 0 Å². The summed E-state index contributed by atoms with van der Waals surface area (Å²) in [5, 5.41) is 13.0. The first-order valence-corrected chi connectivity index (χ1v) is 22.1. The number of terminal acetylenes is 3. The van der Waals surface area contributed by atoms with E-state index < -0.39 is 22.0 Å². The van der Waals surface area contributed by atoms with Crippen LogP contribution in [-0.4, -0.2) is 54.1 Å². The second-order valence-electron chi connectivity index (χ2n) is 18.2. The molecular weight excluding hydrogens is 717 g/mol. The van der Waals surface area contributed by atoms with Gasteiger partial charge in [0.1, 0.15) is 6.04 Å². The van der Waals surface area contributed by atoms with Crippen molar-refractivity contribution in [2.45, 2.75) is 130 Å². The van der Waals surface area contributed by atoms with Crippen molar-refractivity contribution in [1.29, 1.82) is 0 Å². The van der Waals surface area contributed by atoms with Crippen LogP contribution < -0.4 is 5.32 Å². The molecule has 0 aromatic heterocycles. The van der Waals surface area contributed by atoms with Gasteiger partial charge in [-0.05, 0) is 146 Å². The van der Waals surface area contributed by atoms with Gasteiger partial charge in [0.05, 0.1) is 11.8 Å². The van der Waals surface area contributed by atoms with Gasteiger partial charge in [-0.3, -0.25) is 4.79 Å². The Morgan fingerprint density at radius 2 is 1.43 bits per heavy atom. The van der Waals surface area contributed by atoms with Gasteiger partial charge in [-0.15, -0.1) is 45.1 Å². The van der Waals surface area contributed by atoms with Crippen LogP contribution in [0.15, 0.2) is 43.0 Å². The number of carbonyl (C=O) groups excluding carboxylic acids is 1. The first-order chi connectivity index (χ1) is 26.4. The number of hydrogen-bond donors (Lipinski definition) is 2. The van der Waals surface area contributed by atoms with E-state index in [-0.39, 0.29) is 33.1 Å². The van der Waals surface area contributed by atoms with Crippen molar-refractivity contribution < 1.29 is 23.1 Å². The molecule has 7 rings (SSSR count).